The van der Waals surface area contributed by atoms with Crippen molar-refractivity contribution in [2.75, 3.05) is 13.6 Å². The summed E-state index contributed by atoms with van der Waals surface area (Å²) in [6.07, 6.45) is 7.48. The molecule has 0 spiro atoms. The first-order valence-electron chi connectivity index (χ1n) is 7.18. The van der Waals surface area contributed by atoms with Gasteiger partial charge in [0.05, 0.1) is 5.70 Å². The lowest BCUT2D eigenvalue weighted by Crippen LogP contribution is -2.32. The summed E-state index contributed by atoms with van der Waals surface area (Å²) in [6, 6.07) is 3.34. The summed E-state index contributed by atoms with van der Waals surface area (Å²) in [7, 11) is 1.93. The summed E-state index contributed by atoms with van der Waals surface area (Å²) in [4.78, 5) is 29.2. The molecule has 0 aromatic carbocycles. The van der Waals surface area contributed by atoms with Crippen LogP contribution in [0.2, 0.25) is 0 Å². The number of hydrogen-bond donors (Lipinski definition) is 1. The lowest BCUT2D eigenvalue weighted by atomic mass is 10.1. The Morgan fingerprint density at radius 3 is 3.00 bits per heavy atom. The van der Waals surface area contributed by atoms with Crippen LogP contribution >= 0.6 is 0 Å². The van der Waals surface area contributed by atoms with E-state index in [9.17, 15) is 9.59 Å². The van der Waals surface area contributed by atoms with E-state index in [1.54, 1.807) is 30.6 Å². The minimum absolute atomic E-state index is 0.0544. The van der Waals surface area contributed by atoms with Crippen molar-refractivity contribution >= 4 is 11.7 Å². The molecule has 1 aromatic heterocycles. The molecule has 22 heavy (non-hydrogen) atoms. The molecule has 0 saturated carbocycles. The van der Waals surface area contributed by atoms with E-state index in [1.807, 2.05) is 18.0 Å². The molecule has 2 aliphatic rings. The molecule has 1 aromatic rings. The highest BCUT2D eigenvalue weighted by molar-refractivity contribution is 5.94. The predicted octanol–water partition coefficient (Wildman–Crippen LogP) is 1.23. The maximum Gasteiger partial charge on any atom is 0.251 e. The maximum atomic E-state index is 11.9. The van der Waals surface area contributed by atoms with Gasteiger partial charge in [-0.1, -0.05) is 0 Å². The third kappa shape index (κ3) is 2.86. The molecule has 2 heterocycles. The van der Waals surface area contributed by atoms with Crippen LogP contribution < -0.4 is 5.32 Å². The summed E-state index contributed by atoms with van der Waals surface area (Å²) in [6.45, 7) is 0.491. The summed E-state index contributed by atoms with van der Waals surface area (Å²) in [5.41, 5.74) is 1.53. The van der Waals surface area contributed by atoms with Gasteiger partial charge in [-0.25, -0.2) is 0 Å². The normalized spacial score (nSPS) is 20.0. The van der Waals surface area contributed by atoms with Crippen LogP contribution in [0.4, 0.5) is 0 Å². The molecule has 3 rings (SSSR count). The third-order valence-corrected chi connectivity index (χ3v) is 3.74. The van der Waals surface area contributed by atoms with Gasteiger partial charge in [-0.2, -0.15) is 0 Å². The van der Waals surface area contributed by atoms with Crippen LogP contribution in [0.25, 0.3) is 0 Å². The Morgan fingerprint density at radius 1 is 1.45 bits per heavy atom. The number of carbonyl (C=O) groups excluding carboxylic acids is 2. The average molecular weight is 299 g/mol. The van der Waals surface area contributed by atoms with Gasteiger partial charge in [-0.3, -0.25) is 14.6 Å². The Balaban J connectivity index is 1.54. The Kier molecular flexibility index (Phi) is 3.91. The number of amides is 1. The quantitative estimate of drug-likeness (QED) is 0.905. The average Bonchev–Trinajstić information content (AvgIpc) is 2.83. The number of carbonyl (C=O) groups is 2. The molecule has 1 N–H and O–H groups in total. The lowest BCUT2D eigenvalue weighted by Gasteiger charge is -2.20. The number of hydrogen-bond acceptors (Lipinski definition) is 5. The van der Waals surface area contributed by atoms with Crippen molar-refractivity contribution in [1.29, 1.82) is 0 Å². The topological polar surface area (TPSA) is 71.5 Å². The summed E-state index contributed by atoms with van der Waals surface area (Å²) < 4.78 is 5.77. The lowest BCUT2D eigenvalue weighted by molar-refractivity contribution is -0.114. The molecule has 1 aliphatic heterocycles. The molecular formula is C16H17N3O3. The molecule has 1 fully saturated rings. The van der Waals surface area contributed by atoms with Crippen molar-refractivity contribution in [3.8, 4) is 0 Å². The number of pyridine rings is 1. The first-order valence-corrected chi connectivity index (χ1v) is 7.18. The number of nitrogens with one attached hydrogen (secondary N) is 1. The van der Waals surface area contributed by atoms with Gasteiger partial charge in [0.2, 0.25) is 0 Å². The van der Waals surface area contributed by atoms with Crippen molar-refractivity contribution in [3.05, 3.63) is 53.7 Å². The van der Waals surface area contributed by atoms with Crippen LogP contribution in [0.1, 0.15) is 23.2 Å². The van der Waals surface area contributed by atoms with Crippen molar-refractivity contribution in [3.63, 3.8) is 0 Å². The monoisotopic (exact) mass is 299 g/mol. The maximum absolute atomic E-state index is 11.9. The summed E-state index contributed by atoms with van der Waals surface area (Å²) >= 11 is 0. The van der Waals surface area contributed by atoms with Gasteiger partial charge in [0.1, 0.15) is 5.76 Å². The second-order valence-electron chi connectivity index (χ2n) is 5.23. The molecular weight excluding hydrogens is 282 g/mol. The van der Waals surface area contributed by atoms with Gasteiger partial charge >= 0.3 is 0 Å². The highest BCUT2D eigenvalue weighted by atomic mass is 16.5. The van der Waals surface area contributed by atoms with Crippen LogP contribution in [0.15, 0.2) is 48.1 Å². The molecule has 1 atom stereocenters. The minimum Gasteiger partial charge on any atom is -0.468 e. The fourth-order valence-corrected chi connectivity index (χ4v) is 2.54. The molecule has 0 bridgehead atoms. The Labute approximate surface area is 128 Å². The SMILES string of the molecule is CN1C2=CCC(=O)C=C2OC1CCNC(=O)c1ccncc1. The van der Waals surface area contributed by atoms with Crippen LogP contribution in [-0.4, -0.2) is 41.4 Å². The number of allylic oxidation sites excluding steroid dienone is 2. The largest absolute Gasteiger partial charge is 0.468 e. The zero-order chi connectivity index (χ0) is 15.5. The van der Waals surface area contributed by atoms with Gasteiger partial charge in [-0.05, 0) is 18.2 Å². The van der Waals surface area contributed by atoms with E-state index in [1.165, 1.54) is 0 Å². The number of aromatic nitrogens is 1. The zero-order valence-corrected chi connectivity index (χ0v) is 12.3. The van der Waals surface area contributed by atoms with E-state index in [2.05, 4.69) is 10.3 Å². The molecule has 6 nitrogen and oxygen atoms in total. The van der Waals surface area contributed by atoms with Crippen LogP contribution in [-0.2, 0) is 9.53 Å². The molecule has 1 unspecified atom stereocenters. The molecule has 0 radical (unpaired) electrons. The van der Waals surface area contributed by atoms with Crippen LogP contribution in [0, 0.1) is 0 Å². The molecule has 6 heteroatoms. The fourth-order valence-electron chi connectivity index (χ4n) is 2.54. The fraction of sp³-hybridized carbons (Fsp3) is 0.312. The van der Waals surface area contributed by atoms with Crippen molar-refractivity contribution in [2.24, 2.45) is 0 Å². The first kappa shape index (κ1) is 14.3. The zero-order valence-electron chi connectivity index (χ0n) is 12.3. The number of ether oxygens (including phenoxy) is 1. The predicted molar refractivity (Wildman–Crippen MR) is 79.6 cm³/mol. The number of nitrogens with zero attached hydrogens (tertiary/aromatic N) is 2. The number of fused-ring (bicyclic) bond motifs is 1. The second-order valence-corrected chi connectivity index (χ2v) is 5.23. The Morgan fingerprint density at radius 2 is 2.23 bits per heavy atom. The van der Waals surface area contributed by atoms with Gasteiger partial charge in [-0.15, -0.1) is 0 Å². The van der Waals surface area contributed by atoms with E-state index < -0.39 is 0 Å². The first-order chi connectivity index (χ1) is 10.6. The van der Waals surface area contributed by atoms with E-state index in [-0.39, 0.29) is 17.9 Å². The highest BCUT2D eigenvalue weighted by Crippen LogP contribution is 2.32. The van der Waals surface area contributed by atoms with E-state index >= 15 is 0 Å². The van der Waals surface area contributed by atoms with Gasteiger partial charge in [0, 0.05) is 50.5 Å². The second kappa shape index (κ2) is 6.01. The summed E-state index contributed by atoms with van der Waals surface area (Å²) in [5.74, 6) is 0.553. The van der Waals surface area contributed by atoms with Gasteiger partial charge in [0.15, 0.2) is 12.0 Å². The van der Waals surface area contributed by atoms with E-state index in [0.717, 1.165) is 5.70 Å². The van der Waals surface area contributed by atoms with Crippen LogP contribution in [0.3, 0.4) is 0 Å². The van der Waals surface area contributed by atoms with E-state index in [0.29, 0.717) is 30.7 Å². The smallest absolute Gasteiger partial charge is 0.251 e. The standard InChI is InChI=1S/C16H17N3O3/c1-19-13-3-2-12(20)10-14(13)22-15(19)6-9-18-16(21)11-4-7-17-8-5-11/h3-5,7-8,10,15H,2,6,9H2,1H3,(H,18,21). The Hall–Kier alpha value is -2.63. The molecule has 114 valence electrons. The highest BCUT2D eigenvalue weighted by Gasteiger charge is 2.32. The molecule has 1 saturated heterocycles. The third-order valence-electron chi connectivity index (χ3n) is 3.74. The number of likely N-dealkylation sites (N-methyl/N-ethyl adjacent to an activating group) is 1. The van der Waals surface area contributed by atoms with Crippen molar-refractivity contribution < 1.29 is 14.3 Å². The van der Waals surface area contributed by atoms with Crippen LogP contribution in [0.5, 0.6) is 0 Å². The van der Waals surface area contributed by atoms with Gasteiger partial charge < -0.3 is 15.0 Å². The van der Waals surface area contributed by atoms with Gasteiger partial charge in [0.25, 0.3) is 5.91 Å². The Bertz CT molecular complexity index is 652. The molecule has 1 aliphatic carbocycles. The van der Waals surface area contributed by atoms with Crippen molar-refractivity contribution in [2.45, 2.75) is 19.1 Å². The number of ketones is 1. The molecule has 1 amide bonds. The minimum atomic E-state index is -0.166. The van der Waals surface area contributed by atoms with E-state index in [4.69, 9.17) is 4.74 Å². The van der Waals surface area contributed by atoms with Crippen molar-refractivity contribution in [1.82, 2.24) is 15.2 Å². The number of rotatable bonds is 4. The summed E-state index contributed by atoms with van der Waals surface area (Å²) in [5, 5.41) is 2.86.